The maximum atomic E-state index is 11.6. The Kier molecular flexibility index (Phi) is 2.70. The SMILES string of the molecule is Cc1cc(=O)oc2c(C)c3occ(-c4ccccc4)c3cc12. The summed E-state index contributed by atoms with van der Waals surface area (Å²) in [4.78, 5) is 11.6. The topological polar surface area (TPSA) is 43.4 Å². The first-order chi connectivity index (χ1) is 10.6. The molecule has 108 valence electrons. The maximum absolute atomic E-state index is 11.6. The normalized spacial score (nSPS) is 11.4. The van der Waals surface area contributed by atoms with E-state index < -0.39 is 0 Å². The van der Waals surface area contributed by atoms with Crippen LogP contribution in [-0.2, 0) is 0 Å². The van der Waals surface area contributed by atoms with E-state index in [4.69, 9.17) is 8.83 Å². The van der Waals surface area contributed by atoms with Crippen LogP contribution in [0.3, 0.4) is 0 Å². The molecule has 22 heavy (non-hydrogen) atoms. The fourth-order valence-electron chi connectivity index (χ4n) is 2.97. The molecule has 0 bridgehead atoms. The van der Waals surface area contributed by atoms with Crippen molar-refractivity contribution in [1.82, 2.24) is 0 Å². The number of hydrogen-bond donors (Lipinski definition) is 0. The zero-order valence-electron chi connectivity index (χ0n) is 12.3. The Labute approximate surface area is 126 Å². The summed E-state index contributed by atoms with van der Waals surface area (Å²) in [6.07, 6.45) is 1.76. The van der Waals surface area contributed by atoms with Gasteiger partial charge >= 0.3 is 5.63 Å². The van der Waals surface area contributed by atoms with Crippen molar-refractivity contribution >= 4 is 21.9 Å². The molecule has 0 unspecified atom stereocenters. The summed E-state index contributed by atoms with van der Waals surface area (Å²) in [5.41, 5.74) is 4.96. The molecule has 2 heterocycles. The first-order valence-electron chi connectivity index (χ1n) is 7.16. The fraction of sp³-hybridized carbons (Fsp3) is 0.105. The molecule has 0 atom stereocenters. The lowest BCUT2D eigenvalue weighted by Crippen LogP contribution is -1.99. The largest absolute Gasteiger partial charge is 0.463 e. The average Bonchev–Trinajstić information content (AvgIpc) is 2.94. The number of fused-ring (bicyclic) bond motifs is 2. The highest BCUT2D eigenvalue weighted by Crippen LogP contribution is 2.36. The molecule has 0 amide bonds. The molecular weight excluding hydrogens is 276 g/mol. The molecule has 3 nitrogen and oxygen atoms in total. The van der Waals surface area contributed by atoms with E-state index in [0.717, 1.165) is 38.6 Å². The Morgan fingerprint density at radius 2 is 1.68 bits per heavy atom. The van der Waals surface area contributed by atoms with Gasteiger partial charge in [0, 0.05) is 28.0 Å². The molecule has 0 fully saturated rings. The van der Waals surface area contributed by atoms with Crippen molar-refractivity contribution in [1.29, 1.82) is 0 Å². The second-order valence-electron chi connectivity index (χ2n) is 5.52. The van der Waals surface area contributed by atoms with Crippen LogP contribution in [0.1, 0.15) is 11.1 Å². The summed E-state index contributed by atoms with van der Waals surface area (Å²) in [6, 6.07) is 13.7. The highest BCUT2D eigenvalue weighted by molar-refractivity contribution is 6.04. The summed E-state index contributed by atoms with van der Waals surface area (Å²) >= 11 is 0. The van der Waals surface area contributed by atoms with Gasteiger partial charge in [0.05, 0.1) is 6.26 Å². The Balaban J connectivity index is 2.15. The summed E-state index contributed by atoms with van der Waals surface area (Å²) in [6.45, 7) is 3.85. The van der Waals surface area contributed by atoms with Gasteiger partial charge in [0.25, 0.3) is 0 Å². The van der Waals surface area contributed by atoms with Crippen molar-refractivity contribution in [3.63, 3.8) is 0 Å². The van der Waals surface area contributed by atoms with Gasteiger partial charge in [-0.2, -0.15) is 0 Å². The molecule has 3 heteroatoms. The predicted octanol–water partition coefficient (Wildman–Crippen LogP) is 4.82. The molecular formula is C19H14O3. The smallest absolute Gasteiger partial charge is 0.336 e. The van der Waals surface area contributed by atoms with E-state index >= 15 is 0 Å². The van der Waals surface area contributed by atoms with Gasteiger partial charge in [-0.1, -0.05) is 30.3 Å². The molecule has 0 saturated heterocycles. The summed E-state index contributed by atoms with van der Waals surface area (Å²) in [5.74, 6) is 0. The van der Waals surface area contributed by atoms with Crippen LogP contribution >= 0.6 is 0 Å². The van der Waals surface area contributed by atoms with Gasteiger partial charge in [0.15, 0.2) is 0 Å². The molecule has 4 rings (SSSR count). The van der Waals surface area contributed by atoms with Gasteiger partial charge < -0.3 is 8.83 Å². The minimum absolute atomic E-state index is 0.331. The first kappa shape index (κ1) is 12.9. The molecule has 0 aliphatic rings. The highest BCUT2D eigenvalue weighted by atomic mass is 16.4. The summed E-state index contributed by atoms with van der Waals surface area (Å²) < 4.78 is 11.1. The lowest BCUT2D eigenvalue weighted by Gasteiger charge is -2.05. The number of benzene rings is 2. The first-order valence-corrected chi connectivity index (χ1v) is 7.16. The Bertz CT molecular complexity index is 1050. The van der Waals surface area contributed by atoms with Crippen molar-refractivity contribution in [2.75, 3.05) is 0 Å². The van der Waals surface area contributed by atoms with Crippen molar-refractivity contribution < 1.29 is 8.83 Å². The van der Waals surface area contributed by atoms with E-state index in [0.29, 0.717) is 5.58 Å². The van der Waals surface area contributed by atoms with E-state index in [1.807, 2.05) is 38.1 Å². The second kappa shape index (κ2) is 4.60. The standard InChI is InChI=1S/C19H14O3/c1-11-8-17(20)22-19-12(2)18-15(9-14(11)19)16(10-21-18)13-6-4-3-5-7-13/h3-10H,1-2H3. The van der Waals surface area contributed by atoms with Gasteiger partial charge in [-0.25, -0.2) is 4.79 Å². The van der Waals surface area contributed by atoms with Crippen LogP contribution in [-0.4, -0.2) is 0 Å². The van der Waals surface area contributed by atoms with Crippen LogP contribution in [0.2, 0.25) is 0 Å². The van der Waals surface area contributed by atoms with Gasteiger partial charge in [-0.05, 0) is 31.0 Å². The lowest BCUT2D eigenvalue weighted by molar-refractivity contribution is 0.555. The van der Waals surface area contributed by atoms with E-state index in [2.05, 4.69) is 12.1 Å². The van der Waals surface area contributed by atoms with Gasteiger partial charge in [-0.3, -0.25) is 0 Å². The molecule has 0 saturated carbocycles. The zero-order chi connectivity index (χ0) is 15.3. The van der Waals surface area contributed by atoms with Gasteiger partial charge in [0.2, 0.25) is 0 Å². The molecule has 4 aromatic rings. The van der Waals surface area contributed by atoms with Crippen molar-refractivity contribution in [2.45, 2.75) is 13.8 Å². The molecule has 0 spiro atoms. The monoisotopic (exact) mass is 290 g/mol. The number of rotatable bonds is 1. The molecule has 0 aliphatic heterocycles. The molecule has 0 N–H and O–H groups in total. The van der Waals surface area contributed by atoms with Crippen LogP contribution in [0, 0.1) is 13.8 Å². The number of hydrogen-bond acceptors (Lipinski definition) is 3. The fourth-order valence-corrected chi connectivity index (χ4v) is 2.97. The summed E-state index contributed by atoms with van der Waals surface area (Å²) in [5, 5.41) is 1.98. The van der Waals surface area contributed by atoms with E-state index in [1.165, 1.54) is 6.07 Å². The maximum Gasteiger partial charge on any atom is 0.336 e. The van der Waals surface area contributed by atoms with Crippen molar-refractivity contribution in [3.8, 4) is 11.1 Å². The van der Waals surface area contributed by atoms with Crippen molar-refractivity contribution in [2.24, 2.45) is 0 Å². The van der Waals surface area contributed by atoms with Gasteiger partial charge in [0.1, 0.15) is 11.2 Å². The van der Waals surface area contributed by atoms with E-state index in [-0.39, 0.29) is 5.63 Å². The third kappa shape index (κ3) is 1.79. The molecule has 2 aromatic carbocycles. The zero-order valence-corrected chi connectivity index (χ0v) is 12.3. The Morgan fingerprint density at radius 1 is 0.909 bits per heavy atom. The third-order valence-corrected chi connectivity index (χ3v) is 4.09. The number of aryl methyl sites for hydroxylation is 2. The molecule has 0 aliphatic carbocycles. The van der Waals surface area contributed by atoms with Crippen LogP contribution < -0.4 is 5.63 Å². The Morgan fingerprint density at radius 3 is 2.45 bits per heavy atom. The average molecular weight is 290 g/mol. The number of furan rings is 1. The molecule has 0 radical (unpaired) electrons. The van der Waals surface area contributed by atoms with E-state index in [9.17, 15) is 4.79 Å². The predicted molar refractivity (Wildman–Crippen MR) is 87.2 cm³/mol. The van der Waals surface area contributed by atoms with Crippen LogP contribution in [0.25, 0.3) is 33.1 Å². The van der Waals surface area contributed by atoms with Gasteiger partial charge in [-0.15, -0.1) is 0 Å². The minimum atomic E-state index is -0.331. The lowest BCUT2D eigenvalue weighted by atomic mass is 10.00. The quantitative estimate of drug-likeness (QED) is 0.472. The Hall–Kier alpha value is -2.81. The highest BCUT2D eigenvalue weighted by Gasteiger charge is 2.15. The van der Waals surface area contributed by atoms with Crippen molar-refractivity contribution in [3.05, 3.63) is 70.3 Å². The molecule has 2 aromatic heterocycles. The third-order valence-electron chi connectivity index (χ3n) is 4.09. The van der Waals surface area contributed by atoms with Crippen LogP contribution in [0.15, 0.2) is 62.4 Å². The second-order valence-corrected chi connectivity index (χ2v) is 5.52. The summed E-state index contributed by atoms with van der Waals surface area (Å²) in [7, 11) is 0. The van der Waals surface area contributed by atoms with Crippen LogP contribution in [0.5, 0.6) is 0 Å². The van der Waals surface area contributed by atoms with Crippen LogP contribution in [0.4, 0.5) is 0 Å². The van der Waals surface area contributed by atoms with E-state index in [1.54, 1.807) is 6.26 Å². The minimum Gasteiger partial charge on any atom is -0.463 e.